The fourth-order valence-electron chi connectivity index (χ4n) is 5.52. The van der Waals surface area contributed by atoms with Gasteiger partial charge in [-0.15, -0.1) is 0 Å². The molecule has 3 saturated carbocycles. The molecule has 4 unspecified atom stereocenters. The van der Waals surface area contributed by atoms with Crippen molar-refractivity contribution in [3.05, 3.63) is 0 Å². The third kappa shape index (κ3) is 2.66. The monoisotopic (exact) mass is 280 g/mol. The zero-order chi connectivity index (χ0) is 13.9. The lowest BCUT2D eigenvalue weighted by atomic mass is 9.57. The Bertz CT molecular complexity index is 250. The molecule has 0 N–H and O–H groups in total. The van der Waals surface area contributed by atoms with Crippen molar-refractivity contribution < 1.29 is 9.47 Å². The van der Waals surface area contributed by atoms with Gasteiger partial charge in [-0.25, -0.2) is 0 Å². The zero-order valence-electron chi connectivity index (χ0n) is 13.4. The second-order valence-corrected chi connectivity index (χ2v) is 7.06. The van der Waals surface area contributed by atoms with Crippen LogP contribution in [0.1, 0.15) is 65.2 Å². The summed E-state index contributed by atoms with van der Waals surface area (Å²) in [7, 11) is 0. The van der Waals surface area contributed by atoms with Crippen LogP contribution in [0.25, 0.3) is 0 Å². The summed E-state index contributed by atoms with van der Waals surface area (Å²) in [5.41, 5.74) is 0. The number of ether oxygens (including phenoxy) is 2. The van der Waals surface area contributed by atoms with Gasteiger partial charge in [0.05, 0.1) is 12.2 Å². The lowest BCUT2D eigenvalue weighted by molar-refractivity contribution is -0.178. The van der Waals surface area contributed by atoms with Crippen molar-refractivity contribution in [2.24, 2.45) is 23.7 Å². The predicted molar refractivity (Wildman–Crippen MR) is 81.7 cm³/mol. The minimum Gasteiger partial charge on any atom is -0.378 e. The molecule has 0 saturated heterocycles. The molecule has 0 amide bonds. The summed E-state index contributed by atoms with van der Waals surface area (Å²) in [6, 6.07) is 0. The Hall–Kier alpha value is -0.0800. The highest BCUT2D eigenvalue weighted by molar-refractivity contribution is 5.01. The highest BCUT2D eigenvalue weighted by Gasteiger charge is 2.51. The molecule has 2 heteroatoms. The third-order valence-corrected chi connectivity index (χ3v) is 6.16. The average Bonchev–Trinajstić information content (AvgIpc) is 2.50. The van der Waals surface area contributed by atoms with Crippen molar-refractivity contribution in [1.29, 1.82) is 0 Å². The van der Waals surface area contributed by atoms with Crippen LogP contribution in [0.15, 0.2) is 0 Å². The van der Waals surface area contributed by atoms with Gasteiger partial charge in [-0.05, 0) is 63.2 Å². The number of hydrogen-bond donors (Lipinski definition) is 0. The fourth-order valence-corrected chi connectivity index (χ4v) is 5.52. The Morgan fingerprint density at radius 3 is 1.15 bits per heavy atom. The van der Waals surface area contributed by atoms with Gasteiger partial charge >= 0.3 is 0 Å². The molecule has 20 heavy (non-hydrogen) atoms. The van der Waals surface area contributed by atoms with E-state index in [1.807, 2.05) is 0 Å². The Labute approximate surface area is 124 Å². The van der Waals surface area contributed by atoms with Crippen molar-refractivity contribution >= 4 is 0 Å². The summed E-state index contributed by atoms with van der Waals surface area (Å²) in [5.74, 6) is 3.11. The summed E-state index contributed by atoms with van der Waals surface area (Å²) in [6.07, 6.45) is 12.2. The molecular formula is C18H32O2. The lowest BCUT2D eigenvalue weighted by Crippen LogP contribution is -2.55. The van der Waals surface area contributed by atoms with Gasteiger partial charge in [0.2, 0.25) is 0 Å². The van der Waals surface area contributed by atoms with Crippen LogP contribution < -0.4 is 0 Å². The number of fused-ring (bicyclic) bond motifs is 2. The van der Waals surface area contributed by atoms with E-state index in [0.29, 0.717) is 12.2 Å². The van der Waals surface area contributed by atoms with Crippen molar-refractivity contribution in [3.8, 4) is 0 Å². The van der Waals surface area contributed by atoms with Gasteiger partial charge in [0, 0.05) is 13.2 Å². The van der Waals surface area contributed by atoms with E-state index < -0.39 is 0 Å². The summed E-state index contributed by atoms with van der Waals surface area (Å²) >= 11 is 0. The Morgan fingerprint density at radius 1 is 0.600 bits per heavy atom. The van der Waals surface area contributed by atoms with Gasteiger partial charge in [0.25, 0.3) is 0 Å². The lowest BCUT2D eigenvalue weighted by Gasteiger charge is -2.54. The smallest absolute Gasteiger partial charge is 0.0638 e. The Morgan fingerprint density at radius 2 is 0.900 bits per heavy atom. The van der Waals surface area contributed by atoms with Gasteiger partial charge in [0.1, 0.15) is 0 Å². The molecule has 0 aromatic rings. The normalized spacial score (nSPS) is 44.7. The maximum atomic E-state index is 6.29. The minimum absolute atomic E-state index is 0.535. The van der Waals surface area contributed by atoms with Gasteiger partial charge in [-0.3, -0.25) is 0 Å². The Kier molecular flexibility index (Phi) is 5.04. The van der Waals surface area contributed by atoms with E-state index in [1.54, 1.807) is 0 Å². The van der Waals surface area contributed by atoms with E-state index in [1.165, 1.54) is 51.4 Å². The van der Waals surface area contributed by atoms with Gasteiger partial charge < -0.3 is 9.47 Å². The molecule has 3 rings (SSSR count). The molecule has 0 aromatic heterocycles. The summed E-state index contributed by atoms with van der Waals surface area (Å²) < 4.78 is 12.6. The van der Waals surface area contributed by atoms with Gasteiger partial charge in [-0.2, -0.15) is 0 Å². The first-order valence-electron chi connectivity index (χ1n) is 9.10. The molecule has 2 nitrogen and oxygen atoms in total. The molecular weight excluding hydrogens is 248 g/mol. The van der Waals surface area contributed by atoms with Gasteiger partial charge in [-0.1, -0.05) is 25.7 Å². The highest BCUT2D eigenvalue weighted by Crippen LogP contribution is 2.52. The second kappa shape index (κ2) is 6.79. The third-order valence-electron chi connectivity index (χ3n) is 6.16. The first-order chi connectivity index (χ1) is 9.86. The van der Waals surface area contributed by atoms with E-state index in [-0.39, 0.29) is 0 Å². The van der Waals surface area contributed by atoms with Crippen molar-refractivity contribution in [1.82, 2.24) is 0 Å². The molecule has 4 atom stereocenters. The quantitative estimate of drug-likeness (QED) is 0.759. The van der Waals surface area contributed by atoms with Crippen molar-refractivity contribution in [2.75, 3.05) is 13.2 Å². The first-order valence-corrected chi connectivity index (χ1v) is 9.10. The minimum atomic E-state index is 0.535. The van der Waals surface area contributed by atoms with E-state index in [9.17, 15) is 0 Å². The predicted octanol–water partition coefficient (Wildman–Crippen LogP) is 4.42. The molecule has 3 fully saturated rings. The van der Waals surface area contributed by atoms with E-state index in [0.717, 1.165) is 36.9 Å². The van der Waals surface area contributed by atoms with Crippen LogP contribution in [0.5, 0.6) is 0 Å². The highest BCUT2D eigenvalue weighted by atomic mass is 16.5. The SMILES string of the molecule is CCOC1C2CCCCC2C(OCC)C2CCCCC21. The van der Waals surface area contributed by atoms with Crippen molar-refractivity contribution in [3.63, 3.8) is 0 Å². The van der Waals surface area contributed by atoms with E-state index >= 15 is 0 Å². The molecule has 0 aromatic carbocycles. The van der Waals surface area contributed by atoms with Crippen LogP contribution in [-0.4, -0.2) is 25.4 Å². The average molecular weight is 280 g/mol. The number of rotatable bonds is 4. The largest absolute Gasteiger partial charge is 0.378 e. The molecule has 0 radical (unpaired) electrons. The maximum absolute atomic E-state index is 6.29. The standard InChI is InChI=1S/C18H32O2/c1-3-19-17-13-9-5-7-11-15(13)18(20-4-2)16-12-8-6-10-14(16)17/h13-18H,3-12H2,1-2H3. The molecule has 3 aliphatic carbocycles. The molecule has 0 aliphatic heterocycles. The van der Waals surface area contributed by atoms with Crippen LogP contribution in [0, 0.1) is 23.7 Å². The van der Waals surface area contributed by atoms with Crippen LogP contribution in [-0.2, 0) is 9.47 Å². The van der Waals surface area contributed by atoms with Gasteiger partial charge in [0.15, 0.2) is 0 Å². The molecule has 116 valence electrons. The Balaban J connectivity index is 1.85. The second-order valence-electron chi connectivity index (χ2n) is 7.06. The zero-order valence-corrected chi connectivity index (χ0v) is 13.4. The van der Waals surface area contributed by atoms with Crippen LogP contribution in [0.2, 0.25) is 0 Å². The van der Waals surface area contributed by atoms with Crippen molar-refractivity contribution in [2.45, 2.75) is 77.4 Å². The van der Waals surface area contributed by atoms with E-state index in [4.69, 9.17) is 9.47 Å². The topological polar surface area (TPSA) is 18.5 Å². The van der Waals surface area contributed by atoms with E-state index in [2.05, 4.69) is 13.8 Å². The molecule has 0 spiro atoms. The molecule has 0 bridgehead atoms. The number of hydrogen-bond acceptors (Lipinski definition) is 2. The molecule has 3 aliphatic rings. The van der Waals surface area contributed by atoms with Crippen LogP contribution >= 0.6 is 0 Å². The summed E-state index contributed by atoms with van der Waals surface area (Å²) in [4.78, 5) is 0. The first kappa shape index (κ1) is 14.8. The summed E-state index contributed by atoms with van der Waals surface area (Å²) in [6.45, 7) is 6.11. The van der Waals surface area contributed by atoms with Crippen LogP contribution in [0.3, 0.4) is 0 Å². The fraction of sp³-hybridized carbons (Fsp3) is 1.00. The van der Waals surface area contributed by atoms with Crippen LogP contribution in [0.4, 0.5) is 0 Å². The summed E-state index contributed by atoms with van der Waals surface area (Å²) in [5, 5.41) is 0. The maximum Gasteiger partial charge on any atom is 0.0638 e. The molecule has 0 heterocycles.